The highest BCUT2D eigenvalue weighted by Gasteiger charge is 2.32. The van der Waals surface area contributed by atoms with E-state index < -0.39 is 0 Å². The summed E-state index contributed by atoms with van der Waals surface area (Å²) < 4.78 is 1.86. The summed E-state index contributed by atoms with van der Waals surface area (Å²) in [5, 5.41) is -0.00518. The molecule has 0 aromatic carbocycles. The molecule has 4 nitrogen and oxygen atoms in total. The van der Waals surface area contributed by atoms with Crippen LogP contribution >= 0.6 is 23.5 Å². The molecule has 1 aliphatic heterocycles. The molecule has 1 fully saturated rings. The normalized spacial score (nSPS) is 23.1. The maximum atomic E-state index is 12.2. The van der Waals surface area contributed by atoms with Crippen LogP contribution < -0.4 is 0 Å². The van der Waals surface area contributed by atoms with E-state index in [1.807, 2.05) is 12.3 Å². The number of nitrogens with zero attached hydrogens (tertiary/aromatic N) is 3. The van der Waals surface area contributed by atoms with Crippen molar-refractivity contribution in [2.24, 2.45) is 0 Å². The summed E-state index contributed by atoms with van der Waals surface area (Å²) in [4.78, 5) is 20.2. The Labute approximate surface area is 113 Å². The Kier molecular flexibility index (Phi) is 3.38. The van der Waals surface area contributed by atoms with Crippen LogP contribution in [-0.4, -0.2) is 31.4 Å². The van der Waals surface area contributed by atoms with Crippen molar-refractivity contribution in [3.8, 4) is 0 Å². The number of aromatic nitrogens is 3. The number of hydrogen-bond donors (Lipinski definition) is 0. The maximum absolute atomic E-state index is 12.2. The van der Waals surface area contributed by atoms with Crippen LogP contribution in [0.2, 0.25) is 0 Å². The maximum Gasteiger partial charge on any atom is 0.245 e. The lowest BCUT2D eigenvalue weighted by molar-refractivity contribution is 0.0917. The van der Waals surface area contributed by atoms with E-state index in [9.17, 15) is 4.79 Å². The number of carbonyl (C=O) groups is 1. The van der Waals surface area contributed by atoms with Gasteiger partial charge < -0.3 is 0 Å². The second kappa shape index (κ2) is 5.16. The highest BCUT2D eigenvalue weighted by Crippen LogP contribution is 2.49. The van der Waals surface area contributed by atoms with Crippen LogP contribution in [0.4, 0.5) is 0 Å². The van der Waals surface area contributed by atoms with Crippen LogP contribution in [-0.2, 0) is 0 Å². The lowest BCUT2D eigenvalue weighted by atomic mass is 10.3. The molecule has 2 aromatic heterocycles. The second-order valence-corrected chi connectivity index (χ2v) is 6.63. The molecular weight excluding hydrogens is 266 g/mol. The zero-order valence-electron chi connectivity index (χ0n) is 9.47. The Hall–Kier alpha value is -1.27. The van der Waals surface area contributed by atoms with Crippen molar-refractivity contribution < 1.29 is 4.79 Å². The summed E-state index contributed by atoms with van der Waals surface area (Å²) in [6, 6.07) is 3.99. The first-order valence-corrected chi connectivity index (χ1v) is 7.53. The molecule has 0 spiro atoms. The fraction of sp³-hybridized carbons (Fsp3) is 0.250. The number of pyridine rings is 1. The van der Waals surface area contributed by atoms with Gasteiger partial charge in [0.05, 0.1) is 9.83 Å². The fourth-order valence-electron chi connectivity index (χ4n) is 1.78. The summed E-state index contributed by atoms with van der Waals surface area (Å²) in [6.45, 7) is 0. The molecule has 0 saturated carbocycles. The van der Waals surface area contributed by atoms with E-state index in [-0.39, 0.29) is 11.2 Å². The zero-order chi connectivity index (χ0) is 12.4. The van der Waals surface area contributed by atoms with Crippen LogP contribution in [0.5, 0.6) is 0 Å². The van der Waals surface area contributed by atoms with Crippen molar-refractivity contribution in [2.75, 3.05) is 5.75 Å². The monoisotopic (exact) mass is 277 g/mol. The first kappa shape index (κ1) is 11.8. The number of carbonyl (C=O) groups excluding carboxylic acids is 1. The number of hydrogen-bond acceptors (Lipinski definition) is 5. The lowest BCUT2D eigenvalue weighted by Gasteiger charge is -2.09. The average molecular weight is 277 g/mol. The predicted octanol–water partition coefficient (Wildman–Crippen LogP) is 2.47. The van der Waals surface area contributed by atoms with Crippen LogP contribution in [0, 0.1) is 0 Å². The summed E-state index contributed by atoms with van der Waals surface area (Å²) in [5.41, 5.74) is 1.17. The van der Waals surface area contributed by atoms with Crippen molar-refractivity contribution in [3.63, 3.8) is 0 Å². The molecule has 0 radical (unpaired) electrons. The molecular formula is C12H11N3OS2. The van der Waals surface area contributed by atoms with Gasteiger partial charge in [0.2, 0.25) is 5.91 Å². The van der Waals surface area contributed by atoms with E-state index in [0.29, 0.717) is 4.58 Å². The SMILES string of the molecule is O=C(C1CSC(c2cccnc2)S1)n1ccnc1. The third-order valence-electron chi connectivity index (χ3n) is 2.68. The van der Waals surface area contributed by atoms with Gasteiger partial charge in [-0.2, -0.15) is 0 Å². The van der Waals surface area contributed by atoms with E-state index in [1.165, 1.54) is 5.56 Å². The van der Waals surface area contributed by atoms with Gasteiger partial charge in [0.25, 0.3) is 0 Å². The lowest BCUT2D eigenvalue weighted by Crippen LogP contribution is -2.22. The molecule has 0 amide bonds. The van der Waals surface area contributed by atoms with E-state index >= 15 is 0 Å². The molecule has 1 saturated heterocycles. The Morgan fingerprint density at radius 3 is 3.06 bits per heavy atom. The Balaban J connectivity index is 1.71. The zero-order valence-corrected chi connectivity index (χ0v) is 11.1. The highest BCUT2D eigenvalue weighted by molar-refractivity contribution is 8.20. The smallest absolute Gasteiger partial charge is 0.245 e. The van der Waals surface area contributed by atoms with Crippen LogP contribution in [0.1, 0.15) is 14.9 Å². The summed E-state index contributed by atoms with van der Waals surface area (Å²) in [5.74, 6) is 0.942. The standard InChI is InChI=1S/C12H11N3OS2/c16-11(15-5-4-14-8-15)10-7-17-12(18-10)9-2-1-3-13-6-9/h1-6,8,10,12H,7H2. The minimum atomic E-state index is -0.00518. The molecule has 0 aliphatic carbocycles. The third kappa shape index (κ3) is 2.30. The average Bonchev–Trinajstić information content (AvgIpc) is 3.10. The van der Waals surface area contributed by atoms with Crippen molar-refractivity contribution in [1.29, 1.82) is 0 Å². The molecule has 1 aliphatic rings. The van der Waals surface area contributed by atoms with Gasteiger partial charge >= 0.3 is 0 Å². The molecule has 0 bridgehead atoms. The minimum absolute atomic E-state index is 0.00518. The Bertz CT molecular complexity index is 530. The van der Waals surface area contributed by atoms with Crippen LogP contribution in [0.3, 0.4) is 0 Å². The van der Waals surface area contributed by atoms with Gasteiger partial charge in [-0.15, -0.1) is 23.5 Å². The predicted molar refractivity (Wildman–Crippen MR) is 73.7 cm³/mol. The first-order chi connectivity index (χ1) is 8.84. The fourth-order valence-corrected chi connectivity index (χ4v) is 4.94. The van der Waals surface area contributed by atoms with Gasteiger partial charge in [-0.1, -0.05) is 6.07 Å². The third-order valence-corrected chi connectivity index (χ3v) is 5.95. The number of rotatable bonds is 2. The van der Waals surface area contributed by atoms with Gasteiger partial charge in [-0.3, -0.25) is 14.3 Å². The van der Waals surface area contributed by atoms with Gasteiger partial charge in [0, 0.05) is 30.5 Å². The van der Waals surface area contributed by atoms with Crippen LogP contribution in [0.15, 0.2) is 43.2 Å². The van der Waals surface area contributed by atoms with E-state index in [2.05, 4.69) is 16.0 Å². The quantitative estimate of drug-likeness (QED) is 0.844. The summed E-state index contributed by atoms with van der Waals surface area (Å²) in [6.07, 6.45) is 8.52. The van der Waals surface area contributed by atoms with Crippen molar-refractivity contribution >= 4 is 29.4 Å². The second-order valence-electron chi connectivity index (χ2n) is 3.88. The highest BCUT2D eigenvalue weighted by atomic mass is 32.2. The first-order valence-electron chi connectivity index (χ1n) is 5.54. The molecule has 2 unspecified atom stereocenters. The number of imidazole rings is 1. The van der Waals surface area contributed by atoms with E-state index in [1.54, 1.807) is 53.0 Å². The summed E-state index contributed by atoms with van der Waals surface area (Å²) >= 11 is 3.49. The summed E-state index contributed by atoms with van der Waals surface area (Å²) in [7, 11) is 0. The molecule has 92 valence electrons. The Morgan fingerprint density at radius 2 is 2.33 bits per heavy atom. The minimum Gasteiger partial charge on any atom is -0.275 e. The van der Waals surface area contributed by atoms with Gasteiger partial charge in [0.1, 0.15) is 6.33 Å². The molecule has 18 heavy (non-hydrogen) atoms. The van der Waals surface area contributed by atoms with Crippen LogP contribution in [0.25, 0.3) is 0 Å². The van der Waals surface area contributed by atoms with Gasteiger partial charge in [0.15, 0.2) is 0 Å². The van der Waals surface area contributed by atoms with E-state index in [4.69, 9.17) is 0 Å². The van der Waals surface area contributed by atoms with E-state index in [0.717, 1.165) is 5.75 Å². The molecule has 2 atom stereocenters. The van der Waals surface area contributed by atoms with Crippen molar-refractivity contribution in [2.45, 2.75) is 9.83 Å². The van der Waals surface area contributed by atoms with Crippen molar-refractivity contribution in [1.82, 2.24) is 14.5 Å². The number of thioether (sulfide) groups is 2. The van der Waals surface area contributed by atoms with Gasteiger partial charge in [-0.25, -0.2) is 4.98 Å². The molecule has 3 heterocycles. The Morgan fingerprint density at radius 1 is 1.39 bits per heavy atom. The molecule has 0 N–H and O–H groups in total. The molecule has 3 rings (SSSR count). The molecule has 6 heteroatoms. The van der Waals surface area contributed by atoms with Crippen molar-refractivity contribution in [3.05, 3.63) is 48.8 Å². The largest absolute Gasteiger partial charge is 0.275 e. The molecule has 2 aromatic rings. The van der Waals surface area contributed by atoms with Gasteiger partial charge in [-0.05, 0) is 11.6 Å². The topological polar surface area (TPSA) is 47.8 Å².